The zero-order valence-corrected chi connectivity index (χ0v) is 16.7. The fraction of sp³-hybridized carbons (Fsp3) is 0.529. The zero-order chi connectivity index (χ0) is 15.8. The number of thioether (sulfide) groups is 2. The van der Waals surface area contributed by atoms with Crippen LogP contribution in [0.1, 0.15) is 33.4 Å². The van der Waals surface area contributed by atoms with Crippen LogP contribution < -0.4 is 0 Å². The zero-order valence-electron chi connectivity index (χ0n) is 13.5. The van der Waals surface area contributed by atoms with Gasteiger partial charge >= 0.3 is 0 Å². The molecule has 2 aromatic rings. The van der Waals surface area contributed by atoms with E-state index in [2.05, 4.69) is 44.4 Å². The minimum Gasteiger partial charge on any atom is -0.370 e. The third kappa shape index (κ3) is 6.67. The molecule has 0 radical (unpaired) electrons. The Balaban J connectivity index is 1.69. The van der Waals surface area contributed by atoms with Crippen molar-refractivity contribution in [1.82, 2.24) is 0 Å². The Kier molecular flexibility index (Phi) is 8.39. The van der Waals surface area contributed by atoms with E-state index in [1.54, 1.807) is 0 Å². The van der Waals surface area contributed by atoms with Crippen molar-refractivity contribution in [3.05, 3.63) is 43.8 Å². The third-order valence-electron chi connectivity index (χ3n) is 2.91. The lowest BCUT2D eigenvalue weighted by Crippen LogP contribution is -1.90. The molecule has 0 saturated heterocycles. The minimum atomic E-state index is 0.731. The van der Waals surface area contributed by atoms with Crippen LogP contribution in [0.3, 0.4) is 0 Å². The third-order valence-corrected chi connectivity index (χ3v) is 7.41. The van der Waals surface area contributed by atoms with Crippen molar-refractivity contribution in [1.29, 1.82) is 0 Å². The van der Waals surface area contributed by atoms with E-state index in [9.17, 15) is 0 Å². The predicted octanol–water partition coefficient (Wildman–Crippen LogP) is 6.28. The summed E-state index contributed by atoms with van der Waals surface area (Å²) in [4.78, 5) is 5.56. The van der Waals surface area contributed by atoms with E-state index in [0.717, 1.165) is 30.6 Å². The Hall–Kier alpha value is 0.0600. The predicted molar refractivity (Wildman–Crippen MR) is 105 cm³/mol. The normalized spacial score (nSPS) is 11.5. The minimum absolute atomic E-state index is 0.731. The van der Waals surface area contributed by atoms with Gasteiger partial charge in [-0.05, 0) is 42.2 Å². The largest absolute Gasteiger partial charge is 0.370 e. The summed E-state index contributed by atoms with van der Waals surface area (Å²) in [5.41, 5.74) is 0. The van der Waals surface area contributed by atoms with Crippen molar-refractivity contribution in [2.45, 2.75) is 38.6 Å². The monoisotopic (exact) mass is 372 g/mol. The van der Waals surface area contributed by atoms with Crippen molar-refractivity contribution in [3.63, 3.8) is 0 Å². The molecule has 0 fully saturated rings. The molecule has 2 aromatic heterocycles. The molecule has 0 aliphatic carbocycles. The number of rotatable bonds is 10. The SMILES string of the molecule is CSCc1ccc(COCc2ccc(CSCC(C)C)s2)s1. The van der Waals surface area contributed by atoms with Crippen LogP contribution in [0.15, 0.2) is 24.3 Å². The number of ether oxygens (including phenoxy) is 1. The molecule has 0 atom stereocenters. The maximum absolute atomic E-state index is 5.86. The van der Waals surface area contributed by atoms with Gasteiger partial charge in [-0.2, -0.15) is 23.5 Å². The van der Waals surface area contributed by atoms with Gasteiger partial charge in [0.25, 0.3) is 0 Å². The topological polar surface area (TPSA) is 9.23 Å². The first-order valence-corrected chi connectivity index (χ1v) is 11.6. The highest BCUT2D eigenvalue weighted by Crippen LogP contribution is 2.25. The summed E-state index contributed by atoms with van der Waals surface area (Å²) < 4.78 is 5.86. The van der Waals surface area contributed by atoms with Gasteiger partial charge < -0.3 is 4.74 Å². The lowest BCUT2D eigenvalue weighted by Gasteiger charge is -2.02. The first-order chi connectivity index (χ1) is 10.7. The molecular formula is C17H24OS4. The molecule has 122 valence electrons. The molecule has 0 aliphatic rings. The Labute approximate surface area is 150 Å². The molecule has 0 spiro atoms. The lowest BCUT2D eigenvalue weighted by molar-refractivity contribution is 0.111. The van der Waals surface area contributed by atoms with Gasteiger partial charge in [0.2, 0.25) is 0 Å². The number of thiophene rings is 2. The van der Waals surface area contributed by atoms with Crippen molar-refractivity contribution in [2.24, 2.45) is 5.92 Å². The second-order valence-electron chi connectivity index (χ2n) is 5.57. The molecule has 0 amide bonds. The first kappa shape index (κ1) is 18.4. The van der Waals surface area contributed by atoms with Gasteiger partial charge in [0.1, 0.15) is 0 Å². The maximum Gasteiger partial charge on any atom is 0.0814 e. The van der Waals surface area contributed by atoms with E-state index in [4.69, 9.17) is 4.74 Å². The van der Waals surface area contributed by atoms with Crippen molar-refractivity contribution in [2.75, 3.05) is 12.0 Å². The number of hydrogen-bond donors (Lipinski definition) is 0. The summed E-state index contributed by atoms with van der Waals surface area (Å²) in [5, 5.41) is 0. The van der Waals surface area contributed by atoms with E-state index in [-0.39, 0.29) is 0 Å². The van der Waals surface area contributed by atoms with E-state index in [1.807, 2.05) is 46.2 Å². The van der Waals surface area contributed by atoms with Gasteiger partial charge in [0.05, 0.1) is 13.2 Å². The highest BCUT2D eigenvalue weighted by molar-refractivity contribution is 7.98. The van der Waals surface area contributed by atoms with Crippen LogP contribution in [0.25, 0.3) is 0 Å². The molecule has 0 unspecified atom stereocenters. The molecule has 5 heteroatoms. The summed E-state index contributed by atoms with van der Waals surface area (Å²) in [6, 6.07) is 8.87. The maximum atomic E-state index is 5.86. The second-order valence-corrected chi connectivity index (χ2v) is 9.97. The Morgan fingerprint density at radius 3 is 2.00 bits per heavy atom. The lowest BCUT2D eigenvalue weighted by atomic mass is 10.3. The van der Waals surface area contributed by atoms with Crippen LogP contribution in [-0.4, -0.2) is 12.0 Å². The van der Waals surface area contributed by atoms with Crippen LogP contribution in [0.4, 0.5) is 0 Å². The van der Waals surface area contributed by atoms with E-state index < -0.39 is 0 Å². The quantitative estimate of drug-likeness (QED) is 0.486. The van der Waals surface area contributed by atoms with Crippen LogP contribution >= 0.6 is 46.2 Å². The van der Waals surface area contributed by atoms with Crippen LogP contribution in [-0.2, 0) is 29.5 Å². The molecule has 0 aliphatic heterocycles. The van der Waals surface area contributed by atoms with Gasteiger partial charge in [0.15, 0.2) is 0 Å². The van der Waals surface area contributed by atoms with Crippen molar-refractivity contribution in [3.8, 4) is 0 Å². The average Bonchev–Trinajstić information content (AvgIpc) is 3.09. The first-order valence-electron chi connectivity index (χ1n) is 7.47. The molecule has 2 heterocycles. The highest BCUT2D eigenvalue weighted by Gasteiger charge is 2.04. The van der Waals surface area contributed by atoms with Crippen molar-refractivity contribution < 1.29 is 4.74 Å². The van der Waals surface area contributed by atoms with Crippen LogP contribution in [0.5, 0.6) is 0 Å². The van der Waals surface area contributed by atoms with Gasteiger partial charge in [-0.1, -0.05) is 13.8 Å². The Morgan fingerprint density at radius 1 is 0.909 bits per heavy atom. The summed E-state index contributed by atoms with van der Waals surface area (Å²) in [6.45, 7) is 6.01. The fourth-order valence-corrected chi connectivity index (χ4v) is 5.79. The molecule has 2 rings (SSSR count). The highest BCUT2D eigenvalue weighted by atomic mass is 32.2. The van der Waals surface area contributed by atoms with Crippen LogP contribution in [0.2, 0.25) is 0 Å². The number of hydrogen-bond acceptors (Lipinski definition) is 5. The molecule has 0 bridgehead atoms. The van der Waals surface area contributed by atoms with Gasteiger partial charge in [-0.25, -0.2) is 0 Å². The fourth-order valence-electron chi connectivity index (χ4n) is 1.94. The summed E-state index contributed by atoms with van der Waals surface area (Å²) in [7, 11) is 0. The molecule has 1 nitrogen and oxygen atoms in total. The second kappa shape index (κ2) is 10.0. The summed E-state index contributed by atoms with van der Waals surface area (Å²) in [5.74, 6) is 4.24. The van der Waals surface area contributed by atoms with E-state index >= 15 is 0 Å². The Morgan fingerprint density at radius 2 is 1.45 bits per heavy atom. The van der Waals surface area contributed by atoms with E-state index in [0.29, 0.717) is 0 Å². The van der Waals surface area contributed by atoms with E-state index in [1.165, 1.54) is 25.3 Å². The van der Waals surface area contributed by atoms with Gasteiger partial charge in [0, 0.05) is 31.0 Å². The summed E-state index contributed by atoms with van der Waals surface area (Å²) >= 11 is 7.65. The molecule has 22 heavy (non-hydrogen) atoms. The van der Waals surface area contributed by atoms with Crippen LogP contribution in [0, 0.1) is 5.92 Å². The molecule has 0 N–H and O–H groups in total. The van der Waals surface area contributed by atoms with Crippen molar-refractivity contribution >= 4 is 46.2 Å². The smallest absolute Gasteiger partial charge is 0.0814 e. The van der Waals surface area contributed by atoms with Gasteiger partial charge in [-0.15, -0.1) is 22.7 Å². The summed E-state index contributed by atoms with van der Waals surface area (Å²) in [6.07, 6.45) is 2.14. The Bertz CT molecular complexity index is 544. The standard InChI is InChI=1S/C17H24OS4/c1-13(2)10-20-12-17-7-5-15(22-17)9-18-8-14-4-6-16(21-14)11-19-3/h4-7,13H,8-12H2,1-3H3. The van der Waals surface area contributed by atoms with Gasteiger partial charge in [-0.3, -0.25) is 0 Å². The molecular weight excluding hydrogens is 348 g/mol. The molecule has 0 saturated carbocycles. The molecule has 0 aromatic carbocycles. The average molecular weight is 373 g/mol.